The van der Waals surface area contributed by atoms with E-state index in [1.54, 1.807) is 35.3 Å². The quantitative estimate of drug-likeness (QED) is 0.692. The lowest BCUT2D eigenvalue weighted by Crippen LogP contribution is -2.47. The van der Waals surface area contributed by atoms with Crippen molar-refractivity contribution < 1.29 is 4.79 Å². The summed E-state index contributed by atoms with van der Waals surface area (Å²) in [6, 6.07) is 11.0. The van der Waals surface area contributed by atoms with E-state index >= 15 is 0 Å². The molecule has 4 heterocycles. The van der Waals surface area contributed by atoms with Gasteiger partial charge >= 0.3 is 0 Å². The van der Waals surface area contributed by atoms with Crippen LogP contribution in [0.5, 0.6) is 0 Å². The number of carbonyl (C=O) groups excluding carboxylic acids is 1. The minimum atomic E-state index is -0.0920. The minimum Gasteiger partial charge on any atom is -0.335 e. The highest BCUT2D eigenvalue weighted by Gasteiger charge is 2.24. The molecule has 28 heavy (non-hydrogen) atoms. The van der Waals surface area contributed by atoms with Gasteiger partial charge in [-0.1, -0.05) is 0 Å². The number of likely N-dealkylation sites (N-methyl/N-ethyl adjacent to an activating group) is 1. The zero-order chi connectivity index (χ0) is 19.5. The van der Waals surface area contributed by atoms with E-state index in [0.717, 1.165) is 18.8 Å². The maximum atomic E-state index is 13.0. The highest BCUT2D eigenvalue weighted by atomic mass is 16.2. The third-order valence-corrected chi connectivity index (χ3v) is 4.76. The van der Waals surface area contributed by atoms with E-state index in [-0.39, 0.29) is 5.91 Å². The number of piperazine rings is 1. The molecule has 0 aromatic carbocycles. The highest BCUT2D eigenvalue weighted by Crippen LogP contribution is 2.23. The molecule has 0 saturated carbocycles. The Labute approximate surface area is 162 Å². The lowest BCUT2D eigenvalue weighted by molar-refractivity contribution is 0.0657. The van der Waals surface area contributed by atoms with Gasteiger partial charge in [0.1, 0.15) is 6.07 Å². The van der Waals surface area contributed by atoms with Gasteiger partial charge in [-0.2, -0.15) is 10.4 Å². The highest BCUT2D eigenvalue weighted by molar-refractivity contribution is 5.93. The van der Waals surface area contributed by atoms with Gasteiger partial charge in [-0.15, -0.1) is 0 Å². The molecule has 0 atom stereocenters. The SMILES string of the molecule is CN1CCN(C(=O)c2cc(-c3ccc(C#N)cn3)n(-c3cccnc3)n2)CC1. The van der Waals surface area contributed by atoms with Crippen LogP contribution in [-0.4, -0.2) is 68.7 Å². The molecule has 1 aliphatic heterocycles. The predicted octanol–water partition coefficient (Wildman–Crippen LogP) is 1.59. The van der Waals surface area contributed by atoms with Gasteiger partial charge in [0.05, 0.1) is 28.8 Å². The summed E-state index contributed by atoms with van der Waals surface area (Å²) in [7, 11) is 2.05. The lowest BCUT2D eigenvalue weighted by atomic mass is 10.2. The first-order chi connectivity index (χ1) is 13.7. The number of aromatic nitrogens is 4. The number of amides is 1. The minimum absolute atomic E-state index is 0.0920. The van der Waals surface area contributed by atoms with Crippen LogP contribution in [0.4, 0.5) is 0 Å². The summed E-state index contributed by atoms with van der Waals surface area (Å²) in [6.07, 6.45) is 4.88. The van der Waals surface area contributed by atoms with Crippen molar-refractivity contribution in [2.75, 3.05) is 33.2 Å². The summed E-state index contributed by atoms with van der Waals surface area (Å²) in [4.78, 5) is 25.5. The fourth-order valence-corrected chi connectivity index (χ4v) is 3.13. The number of nitrogens with zero attached hydrogens (tertiary/aromatic N) is 7. The predicted molar refractivity (Wildman–Crippen MR) is 103 cm³/mol. The van der Waals surface area contributed by atoms with E-state index < -0.39 is 0 Å². The van der Waals surface area contributed by atoms with E-state index in [4.69, 9.17) is 5.26 Å². The normalized spacial score (nSPS) is 14.6. The van der Waals surface area contributed by atoms with Crippen LogP contribution in [0.25, 0.3) is 17.1 Å². The van der Waals surface area contributed by atoms with Gasteiger partial charge in [-0.3, -0.25) is 14.8 Å². The first-order valence-electron chi connectivity index (χ1n) is 9.00. The summed E-state index contributed by atoms with van der Waals surface area (Å²) in [5, 5.41) is 13.6. The van der Waals surface area contributed by atoms with Crippen molar-refractivity contribution in [1.29, 1.82) is 5.26 Å². The van der Waals surface area contributed by atoms with E-state index in [1.165, 1.54) is 6.20 Å². The van der Waals surface area contributed by atoms with Crippen LogP contribution in [0.15, 0.2) is 48.9 Å². The van der Waals surface area contributed by atoms with Crippen LogP contribution < -0.4 is 0 Å². The van der Waals surface area contributed by atoms with Crippen molar-refractivity contribution in [2.24, 2.45) is 0 Å². The molecular formula is C20H19N7O. The molecule has 0 radical (unpaired) electrons. The van der Waals surface area contributed by atoms with Crippen LogP contribution >= 0.6 is 0 Å². The van der Waals surface area contributed by atoms with Gasteiger partial charge < -0.3 is 9.80 Å². The van der Waals surface area contributed by atoms with Crippen molar-refractivity contribution in [3.8, 4) is 23.1 Å². The molecule has 8 nitrogen and oxygen atoms in total. The van der Waals surface area contributed by atoms with Crippen molar-refractivity contribution in [3.63, 3.8) is 0 Å². The zero-order valence-corrected chi connectivity index (χ0v) is 15.5. The second-order valence-electron chi connectivity index (χ2n) is 6.68. The standard InChI is InChI=1S/C20H19N7O/c1-25-7-9-26(10-8-25)20(28)18-11-19(17-5-4-15(12-21)13-23-17)27(24-18)16-3-2-6-22-14-16/h2-6,11,13-14H,7-10H2,1H3. The Hall–Kier alpha value is -3.57. The van der Waals surface area contributed by atoms with Gasteiger partial charge in [-0.05, 0) is 37.4 Å². The number of hydrogen-bond acceptors (Lipinski definition) is 6. The number of carbonyl (C=O) groups is 1. The van der Waals surface area contributed by atoms with Gasteiger partial charge in [0.25, 0.3) is 5.91 Å². The number of nitriles is 1. The smallest absolute Gasteiger partial charge is 0.274 e. The largest absolute Gasteiger partial charge is 0.335 e. The molecule has 3 aromatic rings. The van der Waals surface area contributed by atoms with Crippen molar-refractivity contribution in [1.82, 2.24) is 29.5 Å². The van der Waals surface area contributed by atoms with Gasteiger partial charge in [0.15, 0.2) is 5.69 Å². The molecule has 1 aliphatic rings. The Morgan fingerprint density at radius 1 is 1.14 bits per heavy atom. The molecule has 0 aliphatic carbocycles. The molecule has 0 N–H and O–H groups in total. The summed E-state index contributed by atoms with van der Waals surface area (Å²) in [5.74, 6) is -0.0920. The Morgan fingerprint density at radius 3 is 2.61 bits per heavy atom. The third kappa shape index (κ3) is 3.48. The Kier molecular flexibility index (Phi) is 4.83. The fraction of sp³-hybridized carbons (Fsp3) is 0.250. The van der Waals surface area contributed by atoms with Gasteiger partial charge in [-0.25, -0.2) is 4.68 Å². The average molecular weight is 373 g/mol. The molecule has 0 bridgehead atoms. The van der Waals surface area contributed by atoms with E-state index in [2.05, 4.69) is 26.0 Å². The molecule has 140 valence electrons. The van der Waals surface area contributed by atoms with Crippen LogP contribution in [-0.2, 0) is 0 Å². The summed E-state index contributed by atoms with van der Waals surface area (Å²) >= 11 is 0. The second kappa shape index (κ2) is 7.58. The first kappa shape index (κ1) is 17.8. The van der Waals surface area contributed by atoms with Crippen molar-refractivity contribution >= 4 is 5.91 Å². The Morgan fingerprint density at radius 2 is 1.96 bits per heavy atom. The summed E-state index contributed by atoms with van der Waals surface area (Å²) in [6.45, 7) is 3.05. The van der Waals surface area contributed by atoms with Crippen LogP contribution in [0, 0.1) is 11.3 Å². The maximum absolute atomic E-state index is 13.0. The van der Waals surface area contributed by atoms with Crippen LogP contribution in [0.3, 0.4) is 0 Å². The second-order valence-corrected chi connectivity index (χ2v) is 6.68. The lowest BCUT2D eigenvalue weighted by Gasteiger charge is -2.31. The number of rotatable bonds is 3. The molecular weight excluding hydrogens is 354 g/mol. The molecule has 8 heteroatoms. The Bertz CT molecular complexity index is 1010. The molecule has 0 spiro atoms. The third-order valence-electron chi connectivity index (χ3n) is 4.76. The summed E-state index contributed by atoms with van der Waals surface area (Å²) < 4.78 is 1.67. The van der Waals surface area contributed by atoms with E-state index in [1.807, 2.05) is 24.1 Å². The topological polar surface area (TPSA) is 90.9 Å². The molecule has 0 unspecified atom stereocenters. The van der Waals surface area contributed by atoms with E-state index in [9.17, 15) is 4.79 Å². The van der Waals surface area contributed by atoms with E-state index in [0.29, 0.717) is 35.7 Å². The monoisotopic (exact) mass is 373 g/mol. The summed E-state index contributed by atoms with van der Waals surface area (Å²) in [5.41, 5.74) is 2.89. The van der Waals surface area contributed by atoms with Gasteiger partial charge in [0, 0.05) is 38.6 Å². The fourth-order valence-electron chi connectivity index (χ4n) is 3.13. The molecule has 1 amide bonds. The van der Waals surface area contributed by atoms with Crippen molar-refractivity contribution in [3.05, 3.63) is 60.2 Å². The molecule has 1 saturated heterocycles. The zero-order valence-electron chi connectivity index (χ0n) is 15.5. The number of pyridine rings is 2. The molecule has 4 rings (SSSR count). The first-order valence-corrected chi connectivity index (χ1v) is 9.00. The average Bonchev–Trinajstić information content (AvgIpc) is 3.20. The number of hydrogen-bond donors (Lipinski definition) is 0. The van der Waals surface area contributed by atoms with Gasteiger partial charge in [0.2, 0.25) is 0 Å². The van der Waals surface area contributed by atoms with Crippen LogP contribution in [0.2, 0.25) is 0 Å². The molecule has 3 aromatic heterocycles. The van der Waals surface area contributed by atoms with Crippen LogP contribution in [0.1, 0.15) is 16.1 Å². The maximum Gasteiger partial charge on any atom is 0.274 e. The molecule has 1 fully saturated rings. The van der Waals surface area contributed by atoms with Crippen molar-refractivity contribution in [2.45, 2.75) is 0 Å². The Balaban J connectivity index is 1.74.